The number of thiocarbonyl (C=S) groups is 1. The fraction of sp³-hybridized carbons (Fsp3) is 0.429. The van der Waals surface area contributed by atoms with Crippen LogP contribution in [-0.4, -0.2) is 15.5 Å². The maximum atomic E-state index is 13.3. The number of aromatic nitrogens is 1. The average molecular weight is 372 g/mol. The molecule has 2 aromatic rings. The van der Waals surface area contributed by atoms with Crippen molar-refractivity contribution in [3.8, 4) is 0 Å². The Kier molecular flexibility index (Phi) is 5.99. The lowest BCUT2D eigenvalue weighted by atomic mass is 9.67. The van der Waals surface area contributed by atoms with Gasteiger partial charge in [-0.25, -0.2) is 4.39 Å². The average Bonchev–Trinajstić information content (AvgIpc) is 2.62. The molecule has 1 aromatic carbocycles. The monoisotopic (exact) mass is 371 g/mol. The predicted octanol–water partition coefficient (Wildman–Crippen LogP) is 4.64. The SMILES string of the molecule is C[C@@H](N[C@]1(CC(N)=S)CCCC[C@@H]1c1cccnc1)c1ccc(F)cc1. The highest BCUT2D eigenvalue weighted by atomic mass is 32.1. The summed E-state index contributed by atoms with van der Waals surface area (Å²) in [6.45, 7) is 2.11. The van der Waals surface area contributed by atoms with Crippen molar-refractivity contribution in [2.75, 3.05) is 0 Å². The first kappa shape index (κ1) is 18.9. The van der Waals surface area contributed by atoms with Crippen LogP contribution in [0.2, 0.25) is 0 Å². The second kappa shape index (κ2) is 8.23. The zero-order valence-electron chi connectivity index (χ0n) is 15.1. The van der Waals surface area contributed by atoms with Gasteiger partial charge in [0.2, 0.25) is 0 Å². The van der Waals surface area contributed by atoms with Crippen molar-refractivity contribution >= 4 is 17.2 Å². The molecule has 0 spiro atoms. The van der Waals surface area contributed by atoms with E-state index in [1.165, 1.54) is 24.1 Å². The molecule has 1 fully saturated rings. The summed E-state index contributed by atoms with van der Waals surface area (Å²) in [5, 5.41) is 3.83. The summed E-state index contributed by atoms with van der Waals surface area (Å²) in [7, 11) is 0. The Hall–Kier alpha value is -1.85. The van der Waals surface area contributed by atoms with Gasteiger partial charge >= 0.3 is 0 Å². The number of hydrogen-bond acceptors (Lipinski definition) is 3. The van der Waals surface area contributed by atoms with Crippen LogP contribution in [0.15, 0.2) is 48.8 Å². The van der Waals surface area contributed by atoms with E-state index in [2.05, 4.69) is 23.3 Å². The Morgan fingerprint density at radius 1 is 1.35 bits per heavy atom. The quantitative estimate of drug-likeness (QED) is 0.726. The highest BCUT2D eigenvalue weighted by Gasteiger charge is 2.42. The molecule has 0 radical (unpaired) electrons. The van der Waals surface area contributed by atoms with Gasteiger partial charge in [0.25, 0.3) is 0 Å². The molecule has 0 saturated heterocycles. The number of hydrogen-bond donors (Lipinski definition) is 2. The molecular formula is C21H26FN3S. The Morgan fingerprint density at radius 3 is 2.77 bits per heavy atom. The van der Waals surface area contributed by atoms with Crippen molar-refractivity contribution in [2.45, 2.75) is 56.5 Å². The predicted molar refractivity (Wildman–Crippen MR) is 108 cm³/mol. The molecule has 138 valence electrons. The maximum absolute atomic E-state index is 13.3. The zero-order valence-corrected chi connectivity index (χ0v) is 15.9. The van der Waals surface area contributed by atoms with E-state index in [4.69, 9.17) is 18.0 Å². The van der Waals surface area contributed by atoms with E-state index in [1.54, 1.807) is 6.20 Å². The first-order chi connectivity index (χ1) is 12.5. The van der Waals surface area contributed by atoms with Gasteiger partial charge in [-0.3, -0.25) is 4.98 Å². The molecule has 1 aliphatic rings. The van der Waals surface area contributed by atoms with Crippen LogP contribution >= 0.6 is 12.2 Å². The maximum Gasteiger partial charge on any atom is 0.123 e. The molecule has 3 rings (SSSR count). The smallest absolute Gasteiger partial charge is 0.123 e. The number of nitrogens with zero attached hydrogens (tertiary/aromatic N) is 1. The van der Waals surface area contributed by atoms with Crippen molar-refractivity contribution in [1.29, 1.82) is 0 Å². The number of pyridine rings is 1. The Balaban J connectivity index is 1.93. The summed E-state index contributed by atoms with van der Waals surface area (Å²) in [6, 6.07) is 10.9. The molecule has 0 unspecified atom stereocenters. The molecule has 5 heteroatoms. The molecule has 3 N–H and O–H groups in total. The van der Waals surface area contributed by atoms with Gasteiger partial charge in [0.1, 0.15) is 5.82 Å². The Bertz CT molecular complexity index is 735. The van der Waals surface area contributed by atoms with Crippen molar-refractivity contribution in [2.24, 2.45) is 5.73 Å². The lowest BCUT2D eigenvalue weighted by Gasteiger charge is -2.47. The van der Waals surface area contributed by atoms with Gasteiger partial charge in [-0.2, -0.15) is 0 Å². The van der Waals surface area contributed by atoms with E-state index < -0.39 is 0 Å². The van der Waals surface area contributed by atoms with Gasteiger partial charge in [0, 0.05) is 36.3 Å². The van der Waals surface area contributed by atoms with Crippen molar-refractivity contribution < 1.29 is 4.39 Å². The highest BCUT2D eigenvalue weighted by molar-refractivity contribution is 7.80. The van der Waals surface area contributed by atoms with E-state index in [0.717, 1.165) is 24.8 Å². The molecular weight excluding hydrogens is 345 g/mol. The van der Waals surface area contributed by atoms with E-state index in [9.17, 15) is 4.39 Å². The molecule has 26 heavy (non-hydrogen) atoms. The fourth-order valence-electron chi connectivity index (χ4n) is 4.32. The normalized spacial score (nSPS) is 24.2. The number of nitrogens with one attached hydrogen (secondary N) is 1. The molecule has 1 aliphatic carbocycles. The molecule has 1 saturated carbocycles. The second-order valence-corrected chi connectivity index (χ2v) is 7.83. The van der Waals surface area contributed by atoms with E-state index in [1.807, 2.05) is 24.4 Å². The first-order valence-corrected chi connectivity index (χ1v) is 9.62. The Labute approximate surface area is 160 Å². The van der Waals surface area contributed by atoms with Crippen molar-refractivity contribution in [1.82, 2.24) is 10.3 Å². The molecule has 1 heterocycles. The van der Waals surface area contributed by atoms with Crippen LogP contribution in [0.25, 0.3) is 0 Å². The van der Waals surface area contributed by atoms with Crippen LogP contribution in [0.5, 0.6) is 0 Å². The van der Waals surface area contributed by atoms with Crippen LogP contribution in [0.3, 0.4) is 0 Å². The van der Waals surface area contributed by atoms with Gasteiger partial charge < -0.3 is 11.1 Å². The topological polar surface area (TPSA) is 50.9 Å². The summed E-state index contributed by atoms with van der Waals surface area (Å²) >= 11 is 5.31. The fourth-order valence-corrected chi connectivity index (χ4v) is 4.58. The lowest BCUT2D eigenvalue weighted by Crippen LogP contribution is -2.54. The van der Waals surface area contributed by atoms with E-state index in [0.29, 0.717) is 17.3 Å². The summed E-state index contributed by atoms with van der Waals surface area (Å²) < 4.78 is 13.3. The third-order valence-electron chi connectivity index (χ3n) is 5.48. The van der Waals surface area contributed by atoms with Crippen LogP contribution in [0.1, 0.15) is 62.1 Å². The van der Waals surface area contributed by atoms with Crippen molar-refractivity contribution in [3.63, 3.8) is 0 Å². The van der Waals surface area contributed by atoms with Crippen LogP contribution in [0, 0.1) is 5.82 Å². The largest absolute Gasteiger partial charge is 0.393 e. The minimum absolute atomic E-state index is 0.0715. The number of rotatable bonds is 6. The molecule has 0 amide bonds. The molecule has 3 atom stereocenters. The van der Waals surface area contributed by atoms with Gasteiger partial charge in [-0.05, 0) is 49.1 Å². The summed E-state index contributed by atoms with van der Waals surface area (Å²) in [4.78, 5) is 4.85. The highest BCUT2D eigenvalue weighted by Crippen LogP contribution is 2.44. The first-order valence-electron chi connectivity index (χ1n) is 9.21. The number of benzene rings is 1. The standard InChI is InChI=1S/C21H26FN3S/c1-15(16-7-9-18(22)10-8-16)25-21(13-20(23)26)11-3-2-6-19(21)17-5-4-12-24-14-17/h4-5,7-10,12,14-15,19,25H,2-3,6,11,13H2,1H3,(H2,23,26)/t15-,19-,21+/m1/s1. The number of nitrogens with two attached hydrogens (primary N) is 1. The molecule has 0 bridgehead atoms. The lowest BCUT2D eigenvalue weighted by molar-refractivity contribution is 0.183. The zero-order chi connectivity index (χ0) is 18.6. The van der Waals surface area contributed by atoms with E-state index in [-0.39, 0.29) is 17.4 Å². The van der Waals surface area contributed by atoms with Gasteiger partial charge in [-0.1, -0.05) is 43.3 Å². The third-order valence-corrected chi connectivity index (χ3v) is 5.63. The van der Waals surface area contributed by atoms with Crippen LogP contribution in [0.4, 0.5) is 4.39 Å². The van der Waals surface area contributed by atoms with Crippen molar-refractivity contribution in [3.05, 3.63) is 65.7 Å². The molecule has 1 aromatic heterocycles. The Morgan fingerprint density at radius 2 is 2.12 bits per heavy atom. The van der Waals surface area contributed by atoms with Crippen LogP contribution in [-0.2, 0) is 0 Å². The summed E-state index contributed by atoms with van der Waals surface area (Å²) in [5.41, 5.74) is 8.09. The van der Waals surface area contributed by atoms with Gasteiger partial charge in [0.15, 0.2) is 0 Å². The van der Waals surface area contributed by atoms with Gasteiger partial charge in [-0.15, -0.1) is 0 Å². The third kappa shape index (κ3) is 4.27. The van der Waals surface area contributed by atoms with Crippen LogP contribution < -0.4 is 11.1 Å². The number of halogens is 1. The summed E-state index contributed by atoms with van der Waals surface area (Å²) in [5.74, 6) is 0.0825. The van der Waals surface area contributed by atoms with E-state index >= 15 is 0 Å². The molecule has 0 aliphatic heterocycles. The second-order valence-electron chi connectivity index (χ2n) is 7.30. The molecule has 3 nitrogen and oxygen atoms in total. The van der Waals surface area contributed by atoms with Gasteiger partial charge in [0.05, 0.1) is 4.99 Å². The minimum Gasteiger partial charge on any atom is -0.393 e. The minimum atomic E-state index is -0.218. The summed E-state index contributed by atoms with van der Waals surface area (Å²) in [6.07, 6.45) is 8.82.